The molecule has 3 nitrogen and oxygen atoms in total. The van der Waals surface area contributed by atoms with Crippen LogP contribution in [0.5, 0.6) is 5.75 Å². The van der Waals surface area contributed by atoms with Crippen LogP contribution in [0.3, 0.4) is 0 Å². The molecule has 0 bridgehead atoms. The Hall–Kier alpha value is -0.580. The van der Waals surface area contributed by atoms with Crippen molar-refractivity contribution in [2.45, 2.75) is 45.1 Å². The van der Waals surface area contributed by atoms with Crippen LogP contribution in [-0.4, -0.2) is 13.2 Å². The number of hydrogen-bond acceptors (Lipinski definition) is 3. The lowest BCUT2D eigenvalue weighted by Crippen LogP contribution is -2.44. The predicted octanol–water partition coefficient (Wildman–Crippen LogP) is 3.66. The van der Waals surface area contributed by atoms with Gasteiger partial charge < -0.3 is 4.74 Å². The maximum atomic E-state index is 5.82. The molecule has 20 heavy (non-hydrogen) atoms. The molecule has 3 unspecified atom stereocenters. The summed E-state index contributed by atoms with van der Waals surface area (Å²) in [5.74, 6) is 8.24. The van der Waals surface area contributed by atoms with E-state index < -0.39 is 0 Å². The van der Waals surface area contributed by atoms with Crippen LogP contribution >= 0.6 is 15.9 Å². The van der Waals surface area contributed by atoms with Crippen molar-refractivity contribution in [2.75, 3.05) is 7.11 Å². The fraction of sp³-hybridized carbons (Fsp3) is 0.625. The molecule has 0 heterocycles. The normalized spacial score (nSPS) is 24.4. The van der Waals surface area contributed by atoms with Crippen molar-refractivity contribution in [3.05, 3.63) is 28.2 Å². The molecular weight excluding hydrogens is 316 g/mol. The topological polar surface area (TPSA) is 47.3 Å². The molecule has 3 atom stereocenters. The summed E-state index contributed by atoms with van der Waals surface area (Å²) in [6.45, 7) is 2.35. The third-order valence-corrected chi connectivity index (χ3v) is 4.94. The monoisotopic (exact) mass is 340 g/mol. The summed E-state index contributed by atoms with van der Waals surface area (Å²) in [4.78, 5) is 0. The molecule has 1 aromatic rings. The lowest BCUT2D eigenvalue weighted by Gasteiger charge is -2.33. The second-order valence-corrected chi connectivity index (χ2v) is 6.88. The fourth-order valence-corrected chi connectivity index (χ4v) is 3.76. The van der Waals surface area contributed by atoms with Gasteiger partial charge in [-0.05, 0) is 54.9 Å². The molecule has 0 saturated heterocycles. The molecule has 0 amide bonds. The number of nitrogens with two attached hydrogens (primary N) is 1. The van der Waals surface area contributed by atoms with Crippen molar-refractivity contribution in [3.63, 3.8) is 0 Å². The highest BCUT2D eigenvalue weighted by Crippen LogP contribution is 2.33. The van der Waals surface area contributed by atoms with E-state index in [-0.39, 0.29) is 0 Å². The third kappa shape index (κ3) is 3.96. The molecule has 1 aromatic carbocycles. The minimum absolute atomic E-state index is 0.320. The van der Waals surface area contributed by atoms with Gasteiger partial charge in [-0.25, -0.2) is 0 Å². The van der Waals surface area contributed by atoms with E-state index in [0.717, 1.165) is 22.6 Å². The Balaban J connectivity index is 2.11. The smallest absolute Gasteiger partial charge is 0.122 e. The van der Waals surface area contributed by atoms with Crippen LogP contribution in [0.2, 0.25) is 0 Å². The molecule has 1 aliphatic carbocycles. The molecule has 1 aliphatic rings. The minimum Gasteiger partial charge on any atom is -0.496 e. The van der Waals surface area contributed by atoms with Gasteiger partial charge in [0.15, 0.2) is 0 Å². The summed E-state index contributed by atoms with van der Waals surface area (Å²) in [7, 11) is 1.72. The molecule has 0 aromatic heterocycles. The highest BCUT2D eigenvalue weighted by molar-refractivity contribution is 9.10. The first-order chi connectivity index (χ1) is 9.63. The van der Waals surface area contributed by atoms with Crippen molar-refractivity contribution in [2.24, 2.45) is 17.7 Å². The molecule has 1 fully saturated rings. The highest BCUT2D eigenvalue weighted by Gasteiger charge is 2.26. The maximum absolute atomic E-state index is 5.82. The molecule has 3 N–H and O–H groups in total. The van der Waals surface area contributed by atoms with Crippen LogP contribution in [0.15, 0.2) is 22.7 Å². The Morgan fingerprint density at radius 1 is 1.45 bits per heavy atom. The number of methoxy groups -OCH3 is 1. The minimum atomic E-state index is 0.320. The number of nitrogens with one attached hydrogen (secondary N) is 1. The van der Waals surface area contributed by atoms with Crippen molar-refractivity contribution < 1.29 is 4.74 Å². The van der Waals surface area contributed by atoms with Crippen LogP contribution in [0.25, 0.3) is 0 Å². The van der Waals surface area contributed by atoms with E-state index in [1.165, 1.54) is 31.2 Å². The number of halogens is 1. The van der Waals surface area contributed by atoms with Gasteiger partial charge in [0, 0.05) is 10.5 Å². The molecule has 0 aliphatic heterocycles. The summed E-state index contributed by atoms with van der Waals surface area (Å²) in [5.41, 5.74) is 4.25. The van der Waals surface area contributed by atoms with Crippen molar-refractivity contribution in [1.29, 1.82) is 0 Å². The van der Waals surface area contributed by atoms with Crippen molar-refractivity contribution >= 4 is 15.9 Å². The van der Waals surface area contributed by atoms with Gasteiger partial charge in [-0.15, -0.1) is 0 Å². The first-order valence-corrected chi connectivity index (χ1v) is 8.22. The number of benzene rings is 1. The predicted molar refractivity (Wildman–Crippen MR) is 86.6 cm³/mol. The van der Waals surface area contributed by atoms with Crippen LogP contribution in [-0.2, 0) is 6.42 Å². The summed E-state index contributed by atoms with van der Waals surface area (Å²) in [5, 5.41) is 0. The van der Waals surface area contributed by atoms with E-state index in [0.29, 0.717) is 12.0 Å². The molecule has 1 saturated carbocycles. The zero-order valence-corrected chi connectivity index (χ0v) is 13.9. The van der Waals surface area contributed by atoms with Gasteiger partial charge in [-0.3, -0.25) is 11.3 Å². The second-order valence-electron chi connectivity index (χ2n) is 5.97. The quantitative estimate of drug-likeness (QED) is 0.635. The average molecular weight is 341 g/mol. The van der Waals surface area contributed by atoms with Gasteiger partial charge in [-0.2, -0.15) is 0 Å². The fourth-order valence-electron chi connectivity index (χ4n) is 3.35. The lowest BCUT2D eigenvalue weighted by molar-refractivity contribution is 0.221. The molecular formula is C16H25BrN2O. The van der Waals surface area contributed by atoms with E-state index in [9.17, 15) is 0 Å². The Labute approximate surface area is 130 Å². The number of ether oxygens (including phenoxy) is 1. The Kier molecular flexibility index (Phi) is 5.87. The van der Waals surface area contributed by atoms with E-state index in [2.05, 4.69) is 34.3 Å². The van der Waals surface area contributed by atoms with E-state index in [1.807, 2.05) is 12.1 Å². The number of hydrazine groups is 1. The van der Waals surface area contributed by atoms with E-state index >= 15 is 0 Å². The molecule has 4 heteroatoms. The average Bonchev–Trinajstić information content (AvgIpc) is 2.45. The number of hydrogen-bond donors (Lipinski definition) is 2. The van der Waals surface area contributed by atoms with Crippen LogP contribution in [0.4, 0.5) is 0 Å². The largest absolute Gasteiger partial charge is 0.496 e. The molecule has 112 valence electrons. The summed E-state index contributed by atoms with van der Waals surface area (Å²) >= 11 is 3.54. The standard InChI is InChI=1S/C16H25BrN2O/c1-11-4-3-5-12(8-11)15(19-18)10-13-9-14(17)6-7-16(13)20-2/h6-7,9,11-12,15,19H,3-5,8,10,18H2,1-2H3. The van der Waals surface area contributed by atoms with Crippen molar-refractivity contribution in [1.82, 2.24) is 5.43 Å². The second kappa shape index (κ2) is 7.43. The Morgan fingerprint density at radius 3 is 2.90 bits per heavy atom. The third-order valence-electron chi connectivity index (χ3n) is 4.44. The van der Waals surface area contributed by atoms with Crippen LogP contribution in [0, 0.1) is 11.8 Å². The summed E-state index contributed by atoms with van der Waals surface area (Å²) < 4.78 is 6.55. The SMILES string of the molecule is COc1ccc(Br)cc1CC(NN)C1CCCC(C)C1. The summed E-state index contributed by atoms with van der Waals surface area (Å²) in [6.07, 6.45) is 6.13. The molecule has 0 spiro atoms. The van der Waals surface area contributed by atoms with Gasteiger partial charge >= 0.3 is 0 Å². The molecule has 2 rings (SSSR count). The Morgan fingerprint density at radius 2 is 2.25 bits per heavy atom. The van der Waals surface area contributed by atoms with Gasteiger partial charge in [0.25, 0.3) is 0 Å². The molecule has 0 radical (unpaired) electrons. The lowest BCUT2D eigenvalue weighted by atomic mass is 9.77. The van der Waals surface area contributed by atoms with Crippen LogP contribution < -0.4 is 16.0 Å². The zero-order valence-electron chi connectivity index (χ0n) is 12.4. The van der Waals surface area contributed by atoms with Gasteiger partial charge in [0.2, 0.25) is 0 Å². The first kappa shape index (κ1) is 15.8. The zero-order chi connectivity index (χ0) is 14.5. The maximum Gasteiger partial charge on any atom is 0.122 e. The Bertz CT molecular complexity index is 438. The van der Waals surface area contributed by atoms with Gasteiger partial charge in [-0.1, -0.05) is 35.7 Å². The first-order valence-electron chi connectivity index (χ1n) is 7.42. The van der Waals surface area contributed by atoms with Gasteiger partial charge in [0.1, 0.15) is 5.75 Å². The van der Waals surface area contributed by atoms with E-state index in [4.69, 9.17) is 10.6 Å². The highest BCUT2D eigenvalue weighted by atomic mass is 79.9. The van der Waals surface area contributed by atoms with E-state index in [1.54, 1.807) is 7.11 Å². The van der Waals surface area contributed by atoms with Crippen molar-refractivity contribution in [3.8, 4) is 5.75 Å². The van der Waals surface area contributed by atoms with Gasteiger partial charge in [0.05, 0.1) is 7.11 Å². The summed E-state index contributed by atoms with van der Waals surface area (Å²) in [6, 6.07) is 6.47. The van der Waals surface area contributed by atoms with Crippen LogP contribution in [0.1, 0.15) is 38.2 Å². The number of rotatable bonds is 5.